The largest absolute Gasteiger partial charge is 0.507 e. The summed E-state index contributed by atoms with van der Waals surface area (Å²) >= 11 is 0. The third kappa shape index (κ3) is 2.86. The fraction of sp³-hybridized carbons (Fsp3) is 0.429. The minimum absolute atomic E-state index is 0.0644. The number of carbonyl (C=O) groups is 1. The van der Waals surface area contributed by atoms with Crippen LogP contribution in [0, 0.1) is 0 Å². The van der Waals surface area contributed by atoms with Gasteiger partial charge in [0, 0.05) is 0 Å². The number of amides is 1. The molecule has 1 aromatic carbocycles. The molecular formula is C14H19N3O4. The molecule has 1 aliphatic carbocycles. The monoisotopic (exact) mass is 293 g/mol. The minimum atomic E-state index is -0.946. The SMILES string of the molecule is N/C(=N/O)C1(NC(=O)c2c(O)cccc2O)CCCCC1. The fourth-order valence-corrected chi connectivity index (χ4v) is 2.74. The van der Waals surface area contributed by atoms with E-state index in [1.165, 1.54) is 18.2 Å². The van der Waals surface area contributed by atoms with E-state index in [1.807, 2.05) is 0 Å². The summed E-state index contributed by atoms with van der Waals surface area (Å²) in [5.74, 6) is -1.36. The zero-order valence-electron chi connectivity index (χ0n) is 11.5. The zero-order chi connectivity index (χ0) is 15.5. The van der Waals surface area contributed by atoms with Crippen LogP contribution >= 0.6 is 0 Å². The van der Waals surface area contributed by atoms with Crippen LogP contribution in [0.1, 0.15) is 42.5 Å². The van der Waals surface area contributed by atoms with E-state index < -0.39 is 11.4 Å². The summed E-state index contributed by atoms with van der Waals surface area (Å²) in [4.78, 5) is 12.4. The first kappa shape index (κ1) is 15.0. The third-order valence-corrected chi connectivity index (χ3v) is 3.91. The van der Waals surface area contributed by atoms with Crippen molar-refractivity contribution in [1.29, 1.82) is 0 Å². The van der Waals surface area contributed by atoms with E-state index >= 15 is 0 Å². The highest BCUT2D eigenvalue weighted by Gasteiger charge is 2.39. The standard InChI is InChI=1S/C14H19N3O4/c15-13(17-21)14(7-2-1-3-8-14)16-12(20)11-9(18)5-4-6-10(11)19/h4-6,18-19,21H,1-3,7-8H2,(H2,15,17)(H,16,20). The Balaban J connectivity index is 2.31. The predicted octanol–water partition coefficient (Wildman–Crippen LogP) is 1.28. The van der Waals surface area contributed by atoms with Gasteiger partial charge in [0.2, 0.25) is 0 Å². The lowest BCUT2D eigenvalue weighted by atomic mass is 9.80. The van der Waals surface area contributed by atoms with Crippen molar-refractivity contribution in [3.63, 3.8) is 0 Å². The van der Waals surface area contributed by atoms with Gasteiger partial charge in [0.1, 0.15) is 22.6 Å². The number of oxime groups is 1. The Morgan fingerprint density at radius 2 is 1.76 bits per heavy atom. The van der Waals surface area contributed by atoms with Crippen LogP contribution in [0.3, 0.4) is 0 Å². The number of benzene rings is 1. The summed E-state index contributed by atoms with van der Waals surface area (Å²) < 4.78 is 0. The number of carbonyl (C=O) groups excluding carboxylic acids is 1. The van der Waals surface area contributed by atoms with Crippen LogP contribution in [0.5, 0.6) is 11.5 Å². The van der Waals surface area contributed by atoms with Gasteiger partial charge in [0.25, 0.3) is 5.91 Å². The van der Waals surface area contributed by atoms with Crippen molar-refractivity contribution in [3.05, 3.63) is 23.8 Å². The highest BCUT2D eigenvalue weighted by molar-refractivity contribution is 6.03. The first-order chi connectivity index (χ1) is 10.00. The van der Waals surface area contributed by atoms with Crippen molar-refractivity contribution in [1.82, 2.24) is 5.32 Å². The molecule has 0 radical (unpaired) electrons. The summed E-state index contributed by atoms with van der Waals surface area (Å²) in [6.45, 7) is 0. The maximum atomic E-state index is 12.4. The number of rotatable bonds is 3. The molecule has 0 heterocycles. The van der Waals surface area contributed by atoms with Gasteiger partial charge in [-0.2, -0.15) is 0 Å². The van der Waals surface area contributed by atoms with Crippen molar-refractivity contribution >= 4 is 11.7 Å². The van der Waals surface area contributed by atoms with Gasteiger partial charge in [-0.25, -0.2) is 0 Å². The highest BCUT2D eigenvalue weighted by atomic mass is 16.4. The Kier molecular flexibility index (Phi) is 4.21. The molecule has 1 aliphatic rings. The second-order valence-electron chi connectivity index (χ2n) is 5.25. The molecule has 0 aliphatic heterocycles. The molecular weight excluding hydrogens is 274 g/mol. The second kappa shape index (κ2) is 5.90. The first-order valence-corrected chi connectivity index (χ1v) is 6.81. The van der Waals surface area contributed by atoms with Crippen molar-refractivity contribution in [2.24, 2.45) is 10.9 Å². The van der Waals surface area contributed by atoms with Crippen LogP contribution in [0.15, 0.2) is 23.4 Å². The maximum Gasteiger partial charge on any atom is 0.259 e. The lowest BCUT2D eigenvalue weighted by Gasteiger charge is -2.36. The summed E-state index contributed by atoms with van der Waals surface area (Å²) in [5.41, 5.74) is 4.59. The van der Waals surface area contributed by atoms with E-state index in [1.54, 1.807) is 0 Å². The summed E-state index contributed by atoms with van der Waals surface area (Å²) in [6.07, 6.45) is 3.77. The number of phenolic OH excluding ortho intramolecular Hbond substituents is 2. The third-order valence-electron chi connectivity index (χ3n) is 3.91. The Bertz CT molecular complexity index is 545. The Labute approximate surface area is 122 Å². The smallest absolute Gasteiger partial charge is 0.259 e. The fourth-order valence-electron chi connectivity index (χ4n) is 2.74. The van der Waals surface area contributed by atoms with Crippen molar-refractivity contribution in [2.75, 3.05) is 0 Å². The van der Waals surface area contributed by atoms with E-state index in [4.69, 9.17) is 10.9 Å². The van der Waals surface area contributed by atoms with Crippen LogP contribution in [0.2, 0.25) is 0 Å². The molecule has 0 spiro atoms. The molecule has 1 fully saturated rings. The molecule has 1 aromatic rings. The number of aromatic hydroxyl groups is 2. The molecule has 2 rings (SSSR count). The average Bonchev–Trinajstić information content (AvgIpc) is 2.47. The van der Waals surface area contributed by atoms with Crippen LogP contribution in [0.25, 0.3) is 0 Å². The van der Waals surface area contributed by atoms with Crippen molar-refractivity contribution in [2.45, 2.75) is 37.6 Å². The molecule has 0 aromatic heterocycles. The van der Waals surface area contributed by atoms with E-state index in [0.717, 1.165) is 19.3 Å². The van der Waals surface area contributed by atoms with Gasteiger partial charge in [-0.3, -0.25) is 4.79 Å². The predicted molar refractivity (Wildman–Crippen MR) is 76.5 cm³/mol. The number of amidine groups is 1. The van der Waals surface area contributed by atoms with Crippen LogP contribution in [-0.4, -0.2) is 32.7 Å². The van der Waals surface area contributed by atoms with Gasteiger partial charge in [-0.05, 0) is 25.0 Å². The molecule has 0 atom stereocenters. The number of hydrogen-bond donors (Lipinski definition) is 5. The second-order valence-corrected chi connectivity index (χ2v) is 5.25. The number of phenols is 2. The topological polar surface area (TPSA) is 128 Å². The zero-order valence-corrected chi connectivity index (χ0v) is 11.5. The summed E-state index contributed by atoms with van der Waals surface area (Å²) in [7, 11) is 0. The van der Waals surface area contributed by atoms with Gasteiger partial charge < -0.3 is 26.5 Å². The quantitative estimate of drug-likeness (QED) is 0.248. The Morgan fingerprint density at radius 3 is 2.29 bits per heavy atom. The minimum Gasteiger partial charge on any atom is -0.507 e. The van der Waals surface area contributed by atoms with Crippen molar-refractivity contribution < 1.29 is 20.2 Å². The molecule has 0 saturated heterocycles. The van der Waals surface area contributed by atoms with E-state index in [9.17, 15) is 15.0 Å². The van der Waals surface area contributed by atoms with Crippen LogP contribution in [-0.2, 0) is 0 Å². The molecule has 114 valence electrons. The molecule has 7 heteroatoms. The van der Waals surface area contributed by atoms with Gasteiger partial charge in [-0.1, -0.05) is 30.5 Å². The number of nitrogens with two attached hydrogens (primary N) is 1. The number of hydrogen-bond acceptors (Lipinski definition) is 5. The molecule has 21 heavy (non-hydrogen) atoms. The highest BCUT2D eigenvalue weighted by Crippen LogP contribution is 2.31. The van der Waals surface area contributed by atoms with Crippen molar-refractivity contribution in [3.8, 4) is 11.5 Å². The Morgan fingerprint density at radius 1 is 1.19 bits per heavy atom. The van der Waals surface area contributed by atoms with Gasteiger partial charge in [0.15, 0.2) is 5.84 Å². The van der Waals surface area contributed by atoms with E-state index in [-0.39, 0.29) is 22.9 Å². The Hall–Kier alpha value is -2.44. The van der Waals surface area contributed by atoms with Crippen LogP contribution in [0.4, 0.5) is 0 Å². The molecule has 1 saturated carbocycles. The molecule has 0 unspecified atom stereocenters. The summed E-state index contributed by atoms with van der Waals surface area (Å²) in [6, 6.07) is 4.05. The van der Waals surface area contributed by atoms with E-state index in [0.29, 0.717) is 12.8 Å². The molecule has 1 amide bonds. The average molecular weight is 293 g/mol. The molecule has 7 nitrogen and oxygen atoms in total. The van der Waals surface area contributed by atoms with Gasteiger partial charge in [0.05, 0.1) is 0 Å². The first-order valence-electron chi connectivity index (χ1n) is 6.81. The van der Waals surface area contributed by atoms with Gasteiger partial charge in [-0.15, -0.1) is 0 Å². The normalized spacial score (nSPS) is 18.2. The summed E-state index contributed by atoms with van der Waals surface area (Å²) in [5, 5.41) is 34.2. The van der Waals surface area contributed by atoms with Gasteiger partial charge >= 0.3 is 0 Å². The molecule has 0 bridgehead atoms. The lowest BCUT2D eigenvalue weighted by Crippen LogP contribution is -2.58. The van der Waals surface area contributed by atoms with Crippen LogP contribution < -0.4 is 11.1 Å². The van der Waals surface area contributed by atoms with E-state index in [2.05, 4.69) is 10.5 Å². The number of nitrogens with one attached hydrogen (secondary N) is 1. The number of nitrogens with zero attached hydrogens (tertiary/aromatic N) is 1. The molecule has 6 N–H and O–H groups in total. The lowest BCUT2D eigenvalue weighted by molar-refractivity contribution is 0.0900. The maximum absolute atomic E-state index is 12.4.